The minimum Gasteiger partial charge on any atom is -0.427 e. The molecule has 0 radical (unpaired) electrons. The van der Waals surface area contributed by atoms with Gasteiger partial charge < -0.3 is 14.5 Å². The number of anilines is 1. The Kier molecular flexibility index (Phi) is 9.65. The summed E-state index contributed by atoms with van der Waals surface area (Å²) in [7, 11) is 0. The summed E-state index contributed by atoms with van der Waals surface area (Å²) in [4.78, 5) is 57.0. The lowest BCUT2D eigenvalue weighted by Gasteiger charge is -2.28. The Labute approximate surface area is 240 Å². The van der Waals surface area contributed by atoms with E-state index < -0.39 is 5.97 Å². The molecular formula is C33H36N2O6. The molecule has 0 amide bonds. The summed E-state index contributed by atoms with van der Waals surface area (Å²) in [5.74, 6) is -1.01. The quantitative estimate of drug-likeness (QED) is 0.0778. The minimum atomic E-state index is -0.581. The number of unbranched alkanes of at least 4 members (excludes halogenated alkanes) is 1. The van der Waals surface area contributed by atoms with Crippen LogP contribution in [0.4, 0.5) is 5.69 Å². The standard InChI is InChI=1S/C33H36N2O6/c1-5-8-10-31(37)40-25-15-11-22(12-16-25)32(38)23-13-17-29-26(19-23)27-20-24(14-18-30(27)35(29)7-3)33(39)28(9-6-2)34-41-21(4)36/h11-20,27,30H,5-10H2,1-4H3/b34-28+. The van der Waals surface area contributed by atoms with Gasteiger partial charge in [-0.2, -0.15) is 0 Å². The molecule has 0 aromatic heterocycles. The predicted octanol–water partition coefficient (Wildman–Crippen LogP) is 6.09. The fraction of sp³-hybridized carbons (Fsp3) is 0.364. The normalized spacial score (nSPS) is 17.4. The van der Waals surface area contributed by atoms with E-state index in [0.717, 1.165) is 30.6 Å². The topological polar surface area (TPSA) is 102 Å². The third-order valence-electron chi connectivity index (χ3n) is 7.24. The summed E-state index contributed by atoms with van der Waals surface area (Å²) >= 11 is 0. The number of esters is 1. The van der Waals surface area contributed by atoms with Crippen molar-refractivity contribution >= 4 is 34.9 Å². The van der Waals surface area contributed by atoms with E-state index in [-0.39, 0.29) is 35.2 Å². The number of ketones is 2. The van der Waals surface area contributed by atoms with E-state index in [0.29, 0.717) is 41.7 Å². The maximum Gasteiger partial charge on any atom is 0.331 e. The number of likely N-dealkylation sites (N-methyl/N-ethyl adjacent to an activating group) is 1. The number of benzene rings is 2. The van der Waals surface area contributed by atoms with Crippen LogP contribution in [0, 0.1) is 0 Å². The first-order chi connectivity index (χ1) is 19.8. The number of allylic oxidation sites excluding steroid dienone is 2. The Morgan fingerprint density at radius 2 is 1.66 bits per heavy atom. The second-order valence-corrected chi connectivity index (χ2v) is 10.2. The van der Waals surface area contributed by atoms with E-state index in [1.807, 2.05) is 44.2 Å². The molecule has 8 nitrogen and oxygen atoms in total. The maximum absolute atomic E-state index is 13.4. The van der Waals surface area contributed by atoms with Gasteiger partial charge in [-0.3, -0.25) is 14.4 Å². The Morgan fingerprint density at radius 3 is 2.32 bits per heavy atom. The molecule has 0 bridgehead atoms. The Balaban J connectivity index is 1.59. The van der Waals surface area contributed by atoms with E-state index in [2.05, 4.69) is 17.0 Å². The number of fused-ring (bicyclic) bond motifs is 3. The molecule has 4 rings (SSSR count). The molecule has 1 aliphatic heterocycles. The average Bonchev–Trinajstić information content (AvgIpc) is 3.29. The molecule has 2 atom stereocenters. The molecule has 0 fully saturated rings. The molecule has 2 unspecified atom stereocenters. The smallest absolute Gasteiger partial charge is 0.331 e. The van der Waals surface area contributed by atoms with Gasteiger partial charge in [-0.1, -0.05) is 50.1 Å². The molecule has 1 aliphatic carbocycles. The number of nitrogens with zero attached hydrogens (tertiary/aromatic N) is 2. The SMILES string of the molecule is CCCCC(=O)Oc1ccc(C(=O)c2ccc3c(c2)C2C=C(C(=O)/C(CCC)=N/OC(C)=O)C=CC2N3CC)cc1. The first kappa shape index (κ1) is 29.6. The first-order valence-electron chi connectivity index (χ1n) is 14.2. The summed E-state index contributed by atoms with van der Waals surface area (Å²) in [6.07, 6.45) is 8.85. The van der Waals surface area contributed by atoms with Crippen LogP contribution in [-0.2, 0) is 19.2 Å². The molecule has 0 spiro atoms. The van der Waals surface area contributed by atoms with Gasteiger partial charge in [0.1, 0.15) is 11.5 Å². The van der Waals surface area contributed by atoms with Gasteiger partial charge in [0.15, 0.2) is 5.78 Å². The van der Waals surface area contributed by atoms with Crippen molar-refractivity contribution in [2.75, 3.05) is 11.4 Å². The third kappa shape index (κ3) is 6.70. The Morgan fingerprint density at radius 1 is 0.927 bits per heavy atom. The van der Waals surface area contributed by atoms with Crippen molar-refractivity contribution in [3.8, 4) is 5.75 Å². The fourth-order valence-electron chi connectivity index (χ4n) is 5.23. The van der Waals surface area contributed by atoms with Gasteiger partial charge in [-0.25, -0.2) is 4.79 Å². The van der Waals surface area contributed by atoms with Crippen LogP contribution in [0.15, 0.2) is 71.4 Å². The predicted molar refractivity (Wildman–Crippen MR) is 157 cm³/mol. The molecule has 0 saturated heterocycles. The molecule has 2 aromatic carbocycles. The van der Waals surface area contributed by atoms with Crippen LogP contribution in [0.5, 0.6) is 5.75 Å². The van der Waals surface area contributed by atoms with E-state index in [1.165, 1.54) is 6.92 Å². The summed E-state index contributed by atoms with van der Waals surface area (Å²) in [5, 5.41) is 3.82. The monoisotopic (exact) mass is 556 g/mol. The molecule has 8 heteroatoms. The van der Waals surface area contributed by atoms with Gasteiger partial charge >= 0.3 is 11.9 Å². The van der Waals surface area contributed by atoms with Crippen molar-refractivity contribution in [2.45, 2.75) is 71.8 Å². The van der Waals surface area contributed by atoms with Crippen molar-refractivity contribution < 1.29 is 28.8 Å². The highest BCUT2D eigenvalue weighted by molar-refractivity contribution is 6.46. The lowest BCUT2D eigenvalue weighted by atomic mass is 9.85. The lowest BCUT2D eigenvalue weighted by Crippen LogP contribution is -2.33. The van der Waals surface area contributed by atoms with Gasteiger partial charge in [0, 0.05) is 48.2 Å². The number of oxime groups is 1. The van der Waals surface area contributed by atoms with Crippen LogP contribution in [-0.4, -0.2) is 41.8 Å². The van der Waals surface area contributed by atoms with Crippen LogP contribution in [0.2, 0.25) is 0 Å². The number of rotatable bonds is 12. The second kappa shape index (κ2) is 13.4. The van der Waals surface area contributed by atoms with Crippen molar-refractivity contribution in [2.24, 2.45) is 5.16 Å². The van der Waals surface area contributed by atoms with E-state index in [1.54, 1.807) is 30.3 Å². The molecule has 0 N–H and O–H groups in total. The fourth-order valence-corrected chi connectivity index (χ4v) is 5.23. The molecule has 1 heterocycles. The number of ether oxygens (including phenoxy) is 1. The third-order valence-corrected chi connectivity index (χ3v) is 7.24. The summed E-state index contributed by atoms with van der Waals surface area (Å²) < 4.78 is 5.36. The van der Waals surface area contributed by atoms with Gasteiger partial charge in [0.2, 0.25) is 5.78 Å². The van der Waals surface area contributed by atoms with Crippen LogP contribution in [0.3, 0.4) is 0 Å². The number of carbonyl (C=O) groups is 4. The zero-order valence-corrected chi connectivity index (χ0v) is 24.0. The number of hydrogen-bond donors (Lipinski definition) is 0. The van der Waals surface area contributed by atoms with Gasteiger partial charge in [-0.05, 0) is 67.8 Å². The highest BCUT2D eigenvalue weighted by Gasteiger charge is 2.38. The average molecular weight is 557 g/mol. The number of Topliss-reactive ketones (excluding diaryl/α,β-unsaturated/α-hetero) is 1. The lowest BCUT2D eigenvalue weighted by molar-refractivity contribution is -0.141. The molecular weight excluding hydrogens is 520 g/mol. The summed E-state index contributed by atoms with van der Waals surface area (Å²) in [6.45, 7) is 8.02. The highest BCUT2D eigenvalue weighted by Crippen LogP contribution is 2.45. The van der Waals surface area contributed by atoms with Crippen LogP contribution in [0.1, 0.15) is 87.2 Å². The van der Waals surface area contributed by atoms with Gasteiger partial charge in [0.25, 0.3) is 0 Å². The van der Waals surface area contributed by atoms with Crippen molar-refractivity contribution in [3.05, 3.63) is 83.0 Å². The Hall–Kier alpha value is -4.33. The van der Waals surface area contributed by atoms with Gasteiger partial charge in [0.05, 0.1) is 6.04 Å². The maximum atomic E-state index is 13.4. The summed E-state index contributed by atoms with van der Waals surface area (Å²) in [6, 6.07) is 12.3. The van der Waals surface area contributed by atoms with Gasteiger partial charge in [-0.15, -0.1) is 0 Å². The zero-order chi connectivity index (χ0) is 29.5. The minimum absolute atomic E-state index is 0.0126. The largest absolute Gasteiger partial charge is 0.427 e. The van der Waals surface area contributed by atoms with E-state index in [4.69, 9.17) is 9.57 Å². The molecule has 2 aromatic rings. The highest BCUT2D eigenvalue weighted by atomic mass is 16.7. The van der Waals surface area contributed by atoms with E-state index >= 15 is 0 Å². The number of carbonyl (C=O) groups excluding carboxylic acids is 4. The number of hydrogen-bond acceptors (Lipinski definition) is 8. The van der Waals surface area contributed by atoms with Crippen LogP contribution < -0.4 is 9.64 Å². The van der Waals surface area contributed by atoms with Crippen LogP contribution in [0.25, 0.3) is 0 Å². The van der Waals surface area contributed by atoms with Crippen molar-refractivity contribution in [1.82, 2.24) is 0 Å². The van der Waals surface area contributed by atoms with Crippen molar-refractivity contribution in [1.29, 1.82) is 0 Å². The molecule has 41 heavy (non-hydrogen) atoms. The first-order valence-corrected chi connectivity index (χ1v) is 14.2. The summed E-state index contributed by atoms with van der Waals surface area (Å²) in [5.41, 5.74) is 3.69. The van der Waals surface area contributed by atoms with Crippen molar-refractivity contribution in [3.63, 3.8) is 0 Å². The molecule has 2 aliphatic rings. The molecule has 0 saturated carbocycles. The second-order valence-electron chi connectivity index (χ2n) is 10.2. The molecule has 214 valence electrons. The zero-order valence-electron chi connectivity index (χ0n) is 24.0. The van der Waals surface area contributed by atoms with Crippen LogP contribution >= 0.6 is 0 Å². The Bertz CT molecular complexity index is 1420. The van der Waals surface area contributed by atoms with E-state index in [9.17, 15) is 19.2 Å².